The van der Waals surface area contributed by atoms with Crippen molar-refractivity contribution < 1.29 is 8.42 Å². The Labute approximate surface area is 168 Å². The monoisotopic (exact) mass is 441 g/mol. The highest BCUT2D eigenvalue weighted by molar-refractivity contribution is 9.10. The summed E-state index contributed by atoms with van der Waals surface area (Å²) in [5.41, 5.74) is 4.51. The summed E-state index contributed by atoms with van der Waals surface area (Å²) in [7, 11) is -3.29. The van der Waals surface area contributed by atoms with Crippen molar-refractivity contribution in [2.45, 2.75) is 11.3 Å². The van der Waals surface area contributed by atoms with E-state index in [2.05, 4.69) is 45.5 Å². The molecule has 3 nitrogen and oxygen atoms in total. The molecular weight excluding hydrogens is 422 g/mol. The minimum atomic E-state index is -3.29. The van der Waals surface area contributed by atoms with Gasteiger partial charge < -0.3 is 5.32 Å². The summed E-state index contributed by atoms with van der Waals surface area (Å²) in [6.45, 7) is 0.655. The highest BCUT2D eigenvalue weighted by Gasteiger charge is 2.26. The summed E-state index contributed by atoms with van der Waals surface area (Å²) in [5.74, 6) is 0.192. The van der Waals surface area contributed by atoms with Gasteiger partial charge in [0.1, 0.15) is 0 Å². The first-order chi connectivity index (χ1) is 13.0. The Morgan fingerprint density at radius 3 is 2.30 bits per heavy atom. The Bertz CT molecular complexity index is 1050. The van der Waals surface area contributed by atoms with Crippen LogP contribution in [0.3, 0.4) is 0 Å². The van der Waals surface area contributed by atoms with Crippen molar-refractivity contribution in [1.29, 1.82) is 0 Å². The minimum Gasteiger partial charge on any atom is -0.384 e. The van der Waals surface area contributed by atoms with E-state index in [-0.39, 0.29) is 11.7 Å². The van der Waals surface area contributed by atoms with Crippen molar-refractivity contribution in [3.05, 3.63) is 82.8 Å². The van der Waals surface area contributed by atoms with Gasteiger partial charge in [-0.15, -0.1) is 0 Å². The second kappa shape index (κ2) is 7.49. The first kappa shape index (κ1) is 18.3. The van der Waals surface area contributed by atoms with Crippen molar-refractivity contribution in [3.8, 4) is 11.1 Å². The molecule has 5 heteroatoms. The third kappa shape index (κ3) is 3.94. The maximum Gasteiger partial charge on any atom is 0.178 e. The van der Waals surface area contributed by atoms with Crippen molar-refractivity contribution in [2.75, 3.05) is 17.6 Å². The molecule has 1 aliphatic heterocycles. The predicted molar refractivity (Wildman–Crippen MR) is 114 cm³/mol. The van der Waals surface area contributed by atoms with Crippen LogP contribution in [0.2, 0.25) is 0 Å². The highest BCUT2D eigenvalue weighted by atomic mass is 79.9. The molecule has 0 spiro atoms. The molecule has 3 aromatic carbocycles. The quantitative estimate of drug-likeness (QED) is 0.606. The lowest BCUT2D eigenvalue weighted by Crippen LogP contribution is -2.29. The van der Waals surface area contributed by atoms with E-state index in [9.17, 15) is 8.42 Å². The van der Waals surface area contributed by atoms with Gasteiger partial charge in [-0.25, -0.2) is 8.42 Å². The fraction of sp³-hybridized carbons (Fsp3) is 0.182. The van der Waals surface area contributed by atoms with Gasteiger partial charge in [0.15, 0.2) is 9.84 Å². The third-order valence-electron chi connectivity index (χ3n) is 4.91. The lowest BCUT2D eigenvalue weighted by Gasteiger charge is -2.27. The summed E-state index contributed by atoms with van der Waals surface area (Å²) in [4.78, 5) is 0.398. The molecule has 4 rings (SSSR count). The molecule has 0 saturated heterocycles. The number of anilines is 1. The fourth-order valence-electron chi connectivity index (χ4n) is 3.60. The second-order valence-electron chi connectivity index (χ2n) is 6.90. The molecule has 3 aromatic rings. The Morgan fingerprint density at radius 1 is 0.926 bits per heavy atom. The van der Waals surface area contributed by atoms with Crippen LogP contribution >= 0.6 is 15.9 Å². The molecule has 27 heavy (non-hydrogen) atoms. The number of sulfone groups is 1. The van der Waals surface area contributed by atoms with Gasteiger partial charge in [0, 0.05) is 11.0 Å². The average Bonchev–Trinajstić information content (AvgIpc) is 2.69. The van der Waals surface area contributed by atoms with E-state index in [0.29, 0.717) is 11.4 Å². The number of benzene rings is 3. The molecule has 1 aliphatic rings. The van der Waals surface area contributed by atoms with Crippen LogP contribution in [-0.4, -0.2) is 20.7 Å². The Hall–Kier alpha value is -2.11. The van der Waals surface area contributed by atoms with Gasteiger partial charge in [-0.3, -0.25) is 0 Å². The zero-order valence-corrected chi connectivity index (χ0v) is 17.1. The van der Waals surface area contributed by atoms with Crippen LogP contribution in [0, 0.1) is 5.92 Å². The fourth-order valence-corrected chi connectivity index (χ4v) is 5.86. The van der Waals surface area contributed by atoms with Crippen LogP contribution in [0.15, 0.2) is 82.2 Å². The number of fused-ring (bicyclic) bond motifs is 1. The lowest BCUT2D eigenvalue weighted by molar-refractivity contribution is 0.553. The van der Waals surface area contributed by atoms with E-state index in [4.69, 9.17) is 0 Å². The van der Waals surface area contributed by atoms with E-state index < -0.39 is 9.84 Å². The normalized spacial score (nSPS) is 16.4. The molecule has 1 atom stereocenters. The zero-order valence-electron chi connectivity index (χ0n) is 14.7. The number of hydrogen-bond acceptors (Lipinski definition) is 3. The molecule has 0 aromatic heterocycles. The number of hydrogen-bond donors (Lipinski definition) is 1. The first-order valence-electron chi connectivity index (χ1n) is 8.92. The van der Waals surface area contributed by atoms with Crippen LogP contribution in [-0.2, 0) is 16.3 Å². The molecule has 0 fully saturated rings. The SMILES string of the molecule is O=S(=O)(CC1CNc2c(Br)cc(-c3ccccc3)cc2C1)c1ccccc1. The topological polar surface area (TPSA) is 46.2 Å². The van der Waals surface area contributed by atoms with E-state index >= 15 is 0 Å². The lowest BCUT2D eigenvalue weighted by atomic mass is 9.92. The molecule has 0 amide bonds. The summed E-state index contributed by atoms with van der Waals surface area (Å²) in [5, 5.41) is 3.42. The highest BCUT2D eigenvalue weighted by Crippen LogP contribution is 2.37. The van der Waals surface area contributed by atoms with Gasteiger partial charge >= 0.3 is 0 Å². The molecule has 0 saturated carbocycles. The summed E-state index contributed by atoms with van der Waals surface area (Å²) in [6.07, 6.45) is 0.744. The summed E-state index contributed by atoms with van der Waals surface area (Å²) in [6, 6.07) is 23.2. The molecule has 0 bridgehead atoms. The third-order valence-corrected chi connectivity index (χ3v) is 7.44. The van der Waals surface area contributed by atoms with Gasteiger partial charge in [-0.2, -0.15) is 0 Å². The Balaban J connectivity index is 1.60. The molecule has 0 aliphatic carbocycles. The van der Waals surface area contributed by atoms with Gasteiger partial charge in [0.25, 0.3) is 0 Å². The van der Waals surface area contributed by atoms with Crippen LogP contribution in [0.25, 0.3) is 11.1 Å². The Morgan fingerprint density at radius 2 is 1.59 bits per heavy atom. The predicted octanol–water partition coefficient (Wildman–Crippen LogP) is 5.17. The minimum absolute atomic E-state index is 0.0422. The first-order valence-corrected chi connectivity index (χ1v) is 11.4. The van der Waals surface area contributed by atoms with Gasteiger partial charge in [-0.1, -0.05) is 48.5 Å². The smallest absolute Gasteiger partial charge is 0.178 e. The van der Waals surface area contributed by atoms with Crippen LogP contribution in [0.5, 0.6) is 0 Å². The maximum absolute atomic E-state index is 12.7. The van der Waals surface area contributed by atoms with Crippen molar-refractivity contribution in [2.24, 2.45) is 5.92 Å². The van der Waals surface area contributed by atoms with Crippen LogP contribution in [0.4, 0.5) is 5.69 Å². The van der Waals surface area contributed by atoms with E-state index in [1.165, 1.54) is 0 Å². The molecular formula is C22H20BrNO2S. The van der Waals surface area contributed by atoms with Gasteiger partial charge in [-0.05, 0) is 69.2 Å². The van der Waals surface area contributed by atoms with Crippen molar-refractivity contribution in [3.63, 3.8) is 0 Å². The Kier molecular flexibility index (Phi) is 5.06. The van der Waals surface area contributed by atoms with Crippen molar-refractivity contribution >= 4 is 31.5 Å². The second-order valence-corrected chi connectivity index (χ2v) is 9.79. The van der Waals surface area contributed by atoms with E-state index in [1.807, 2.05) is 24.3 Å². The average molecular weight is 442 g/mol. The molecule has 1 N–H and O–H groups in total. The van der Waals surface area contributed by atoms with E-state index in [1.54, 1.807) is 24.3 Å². The standard InChI is InChI=1S/C22H20BrNO2S/c23-21-13-18(17-7-3-1-4-8-17)12-19-11-16(14-24-22(19)21)15-27(25,26)20-9-5-2-6-10-20/h1-10,12-13,16,24H,11,14-15H2. The number of nitrogens with one attached hydrogen (secondary N) is 1. The zero-order chi connectivity index (χ0) is 18.9. The maximum atomic E-state index is 12.7. The molecule has 138 valence electrons. The summed E-state index contributed by atoms with van der Waals surface area (Å²) < 4.78 is 26.5. The van der Waals surface area contributed by atoms with E-state index in [0.717, 1.165) is 33.3 Å². The molecule has 0 radical (unpaired) electrons. The number of halogens is 1. The van der Waals surface area contributed by atoms with Crippen LogP contribution in [0.1, 0.15) is 5.56 Å². The van der Waals surface area contributed by atoms with Crippen LogP contribution < -0.4 is 5.32 Å². The molecule has 1 heterocycles. The number of rotatable bonds is 4. The van der Waals surface area contributed by atoms with Crippen molar-refractivity contribution in [1.82, 2.24) is 0 Å². The van der Waals surface area contributed by atoms with Gasteiger partial charge in [0.2, 0.25) is 0 Å². The summed E-state index contributed by atoms with van der Waals surface area (Å²) >= 11 is 3.67. The molecule has 1 unspecified atom stereocenters. The van der Waals surface area contributed by atoms with Gasteiger partial charge in [0.05, 0.1) is 16.3 Å². The largest absolute Gasteiger partial charge is 0.384 e.